The Labute approximate surface area is 128 Å². The SMILES string of the molecule is C=CCSC1=NN2C(C(=O)N1)c1ccccc1NC2(C)C. The maximum atomic E-state index is 12.6. The first kappa shape index (κ1) is 14.0. The van der Waals surface area contributed by atoms with Crippen molar-refractivity contribution < 1.29 is 4.79 Å². The van der Waals surface area contributed by atoms with E-state index in [0.717, 1.165) is 11.3 Å². The van der Waals surface area contributed by atoms with Crippen LogP contribution >= 0.6 is 11.8 Å². The van der Waals surface area contributed by atoms with Crippen molar-refractivity contribution in [2.45, 2.75) is 25.6 Å². The number of nitrogens with one attached hydrogen (secondary N) is 2. The van der Waals surface area contributed by atoms with E-state index in [-0.39, 0.29) is 5.91 Å². The molecule has 1 amide bonds. The molecule has 1 aromatic carbocycles. The van der Waals surface area contributed by atoms with E-state index >= 15 is 0 Å². The van der Waals surface area contributed by atoms with Crippen LogP contribution in [-0.2, 0) is 4.79 Å². The second kappa shape index (κ2) is 5.11. The van der Waals surface area contributed by atoms with E-state index in [0.29, 0.717) is 10.9 Å². The first-order chi connectivity index (χ1) is 10.0. The molecule has 0 saturated heterocycles. The number of thioether (sulfide) groups is 1. The van der Waals surface area contributed by atoms with Gasteiger partial charge in [-0.15, -0.1) is 11.7 Å². The van der Waals surface area contributed by atoms with Gasteiger partial charge in [0, 0.05) is 17.0 Å². The second-order valence-corrected chi connectivity index (χ2v) is 6.52. The summed E-state index contributed by atoms with van der Waals surface area (Å²) in [6.45, 7) is 7.73. The Morgan fingerprint density at radius 1 is 1.48 bits per heavy atom. The van der Waals surface area contributed by atoms with Gasteiger partial charge in [0.15, 0.2) is 11.2 Å². The molecule has 0 spiro atoms. The van der Waals surface area contributed by atoms with E-state index < -0.39 is 11.7 Å². The standard InChI is InChI=1S/C15H18N4OS/c1-4-9-21-14-16-13(20)12-10-7-5-6-8-11(10)17-15(2,3)19(12)18-14/h4-8,12,17H,1,9H2,2-3H3,(H,16,18,20). The molecular weight excluding hydrogens is 284 g/mol. The van der Waals surface area contributed by atoms with E-state index in [1.807, 2.05) is 43.1 Å². The number of nitrogens with zero attached hydrogens (tertiary/aromatic N) is 2. The molecule has 1 aromatic rings. The molecule has 0 bridgehead atoms. The van der Waals surface area contributed by atoms with Crippen molar-refractivity contribution in [1.82, 2.24) is 10.3 Å². The maximum Gasteiger partial charge on any atom is 0.255 e. The molecule has 3 rings (SSSR count). The Bertz CT molecular complexity index is 626. The third kappa shape index (κ3) is 2.40. The Hall–Kier alpha value is -1.95. The fourth-order valence-electron chi connectivity index (χ4n) is 2.63. The summed E-state index contributed by atoms with van der Waals surface area (Å²) >= 11 is 1.47. The highest BCUT2D eigenvalue weighted by Gasteiger charge is 2.45. The van der Waals surface area contributed by atoms with Gasteiger partial charge in [0.1, 0.15) is 5.66 Å². The van der Waals surface area contributed by atoms with Crippen molar-refractivity contribution in [3.05, 3.63) is 42.5 Å². The van der Waals surface area contributed by atoms with Gasteiger partial charge >= 0.3 is 0 Å². The lowest BCUT2D eigenvalue weighted by molar-refractivity contribution is -0.129. The number of rotatable bonds is 2. The number of hydrogen-bond donors (Lipinski definition) is 2. The molecule has 110 valence electrons. The maximum absolute atomic E-state index is 12.6. The van der Waals surface area contributed by atoms with E-state index in [4.69, 9.17) is 0 Å². The van der Waals surface area contributed by atoms with Crippen LogP contribution in [0.15, 0.2) is 42.0 Å². The normalized spacial score (nSPS) is 22.4. The first-order valence-corrected chi connectivity index (χ1v) is 7.81. The van der Waals surface area contributed by atoms with Crippen LogP contribution in [-0.4, -0.2) is 27.5 Å². The monoisotopic (exact) mass is 302 g/mol. The molecule has 1 unspecified atom stereocenters. The van der Waals surface area contributed by atoms with E-state index in [9.17, 15) is 4.79 Å². The lowest BCUT2D eigenvalue weighted by Gasteiger charge is -2.48. The molecule has 0 saturated carbocycles. The van der Waals surface area contributed by atoms with Gasteiger partial charge in [0.25, 0.3) is 5.91 Å². The Kier molecular flexibility index (Phi) is 3.41. The number of hydrazone groups is 1. The molecule has 2 aliphatic heterocycles. The molecular formula is C15H18N4OS. The Balaban J connectivity index is 2.03. The topological polar surface area (TPSA) is 56.7 Å². The number of hydrogen-bond acceptors (Lipinski definition) is 5. The van der Waals surface area contributed by atoms with Gasteiger partial charge in [-0.1, -0.05) is 36.0 Å². The minimum absolute atomic E-state index is 0.0430. The Morgan fingerprint density at radius 2 is 2.24 bits per heavy atom. The van der Waals surface area contributed by atoms with Gasteiger partial charge < -0.3 is 10.6 Å². The zero-order chi connectivity index (χ0) is 15.0. The van der Waals surface area contributed by atoms with Gasteiger partial charge in [-0.3, -0.25) is 9.80 Å². The first-order valence-electron chi connectivity index (χ1n) is 6.82. The molecule has 0 aliphatic carbocycles. The molecule has 2 heterocycles. The number of carbonyl (C=O) groups is 1. The predicted molar refractivity (Wildman–Crippen MR) is 87.0 cm³/mol. The highest BCUT2D eigenvalue weighted by atomic mass is 32.2. The summed E-state index contributed by atoms with van der Waals surface area (Å²) in [5.41, 5.74) is 1.50. The summed E-state index contributed by atoms with van der Waals surface area (Å²) < 4.78 is 0. The summed E-state index contributed by atoms with van der Waals surface area (Å²) in [6, 6.07) is 7.47. The van der Waals surface area contributed by atoms with Crippen molar-refractivity contribution >= 4 is 28.5 Å². The summed E-state index contributed by atoms with van der Waals surface area (Å²) in [7, 11) is 0. The van der Waals surface area contributed by atoms with Crippen LogP contribution in [0.3, 0.4) is 0 Å². The van der Waals surface area contributed by atoms with Crippen LogP contribution < -0.4 is 10.6 Å². The zero-order valence-electron chi connectivity index (χ0n) is 12.1. The minimum Gasteiger partial charge on any atom is -0.362 e. The summed E-state index contributed by atoms with van der Waals surface area (Å²) in [6.07, 6.45) is 1.79. The molecule has 1 atom stereocenters. The van der Waals surface area contributed by atoms with Crippen LogP contribution in [0.2, 0.25) is 0 Å². The van der Waals surface area contributed by atoms with Gasteiger partial charge in [0.2, 0.25) is 0 Å². The fraction of sp³-hybridized carbons (Fsp3) is 0.333. The zero-order valence-corrected chi connectivity index (χ0v) is 12.9. The molecule has 2 aliphatic rings. The van der Waals surface area contributed by atoms with E-state index in [1.54, 1.807) is 6.08 Å². The summed E-state index contributed by atoms with van der Waals surface area (Å²) in [5, 5.41) is 13.4. The third-order valence-corrected chi connectivity index (χ3v) is 4.39. The van der Waals surface area contributed by atoms with Gasteiger partial charge in [-0.05, 0) is 19.9 Å². The van der Waals surface area contributed by atoms with Crippen LogP contribution in [0.5, 0.6) is 0 Å². The highest BCUT2D eigenvalue weighted by Crippen LogP contribution is 2.41. The van der Waals surface area contributed by atoms with E-state index in [2.05, 4.69) is 22.3 Å². The molecule has 6 heteroatoms. The molecule has 0 fully saturated rings. The molecule has 5 nitrogen and oxygen atoms in total. The summed E-state index contributed by atoms with van der Waals surface area (Å²) in [4.78, 5) is 12.6. The lowest BCUT2D eigenvalue weighted by atomic mass is 9.96. The van der Waals surface area contributed by atoms with Crippen molar-refractivity contribution in [1.29, 1.82) is 0 Å². The average Bonchev–Trinajstić information content (AvgIpc) is 2.44. The number of para-hydroxylation sites is 1. The highest BCUT2D eigenvalue weighted by molar-refractivity contribution is 8.14. The van der Waals surface area contributed by atoms with Crippen molar-refractivity contribution in [3.8, 4) is 0 Å². The molecule has 0 radical (unpaired) electrons. The smallest absolute Gasteiger partial charge is 0.255 e. The van der Waals surface area contributed by atoms with Gasteiger partial charge in [-0.25, -0.2) is 0 Å². The number of fused-ring (bicyclic) bond motifs is 3. The largest absolute Gasteiger partial charge is 0.362 e. The van der Waals surface area contributed by atoms with Crippen LogP contribution in [0.4, 0.5) is 5.69 Å². The molecule has 21 heavy (non-hydrogen) atoms. The number of benzene rings is 1. The predicted octanol–water partition coefficient (Wildman–Crippen LogP) is 2.51. The molecule has 2 N–H and O–H groups in total. The Morgan fingerprint density at radius 3 is 3.00 bits per heavy atom. The van der Waals surface area contributed by atoms with Crippen molar-refractivity contribution in [2.24, 2.45) is 5.10 Å². The van der Waals surface area contributed by atoms with Crippen LogP contribution in [0.25, 0.3) is 0 Å². The van der Waals surface area contributed by atoms with E-state index in [1.165, 1.54) is 11.8 Å². The lowest BCUT2D eigenvalue weighted by Crippen LogP contribution is -2.59. The average molecular weight is 302 g/mol. The van der Waals surface area contributed by atoms with Gasteiger partial charge in [0.05, 0.1) is 0 Å². The number of amides is 1. The number of anilines is 1. The summed E-state index contributed by atoms with van der Waals surface area (Å²) in [5.74, 6) is 0.667. The van der Waals surface area contributed by atoms with Crippen LogP contribution in [0, 0.1) is 0 Å². The van der Waals surface area contributed by atoms with Crippen molar-refractivity contribution in [3.63, 3.8) is 0 Å². The van der Waals surface area contributed by atoms with Crippen molar-refractivity contribution in [2.75, 3.05) is 11.1 Å². The second-order valence-electron chi connectivity index (χ2n) is 5.51. The number of amidine groups is 1. The third-order valence-electron chi connectivity index (χ3n) is 3.53. The van der Waals surface area contributed by atoms with Crippen LogP contribution in [0.1, 0.15) is 25.5 Å². The fourth-order valence-corrected chi connectivity index (χ4v) is 3.22. The molecule has 0 aromatic heterocycles. The quantitative estimate of drug-likeness (QED) is 0.824. The minimum atomic E-state index is -0.434. The van der Waals surface area contributed by atoms with Gasteiger partial charge in [-0.2, -0.15) is 0 Å². The number of carbonyl (C=O) groups excluding carboxylic acids is 1.